The number of hydrogen-bond acceptors (Lipinski definition) is 3. The van der Waals surface area contributed by atoms with Crippen LogP contribution in [0.5, 0.6) is 5.75 Å². The van der Waals surface area contributed by atoms with Crippen molar-refractivity contribution in [2.24, 2.45) is 0 Å². The van der Waals surface area contributed by atoms with E-state index in [0.717, 1.165) is 31.7 Å². The molecule has 3 rings (SSSR count). The first-order chi connectivity index (χ1) is 9.40. The molecule has 1 aliphatic rings. The van der Waals surface area contributed by atoms with Crippen molar-refractivity contribution in [1.29, 1.82) is 0 Å². The normalized spacial score (nSPS) is 19.3. The zero-order valence-corrected chi connectivity index (χ0v) is 10.9. The average molecular weight is 258 g/mol. The minimum Gasteiger partial charge on any atom is -0.485 e. The monoisotopic (exact) mass is 258 g/mol. The van der Waals surface area contributed by atoms with Crippen LogP contribution < -0.4 is 4.74 Å². The Morgan fingerprint density at radius 2 is 2.21 bits per heavy atom. The Morgan fingerprint density at radius 3 is 3.00 bits per heavy atom. The highest BCUT2D eigenvalue weighted by Gasteiger charge is 2.16. The van der Waals surface area contributed by atoms with Crippen molar-refractivity contribution < 1.29 is 9.47 Å². The molecule has 1 aliphatic heterocycles. The van der Waals surface area contributed by atoms with Gasteiger partial charge in [0.2, 0.25) is 0 Å². The van der Waals surface area contributed by atoms with Crippen LogP contribution in [-0.4, -0.2) is 29.1 Å². The molecule has 1 aromatic carbocycles. The average Bonchev–Trinajstić information content (AvgIpc) is 2.88. The topological polar surface area (TPSA) is 36.3 Å². The van der Waals surface area contributed by atoms with Crippen LogP contribution in [0.25, 0.3) is 0 Å². The Bertz CT molecular complexity index is 504. The van der Waals surface area contributed by atoms with Gasteiger partial charge in [0.25, 0.3) is 0 Å². The fourth-order valence-electron chi connectivity index (χ4n) is 2.26. The number of benzene rings is 1. The van der Waals surface area contributed by atoms with E-state index in [1.54, 1.807) is 6.20 Å². The van der Waals surface area contributed by atoms with E-state index in [9.17, 15) is 0 Å². The second-order valence-electron chi connectivity index (χ2n) is 4.82. The Kier molecular flexibility index (Phi) is 3.79. The van der Waals surface area contributed by atoms with Gasteiger partial charge in [0.1, 0.15) is 6.10 Å². The van der Waals surface area contributed by atoms with Crippen molar-refractivity contribution in [1.82, 2.24) is 9.78 Å². The lowest BCUT2D eigenvalue weighted by molar-refractivity contribution is 0.00739. The van der Waals surface area contributed by atoms with E-state index < -0.39 is 0 Å². The van der Waals surface area contributed by atoms with E-state index in [-0.39, 0.29) is 6.10 Å². The lowest BCUT2D eigenvalue weighted by Gasteiger charge is -2.22. The van der Waals surface area contributed by atoms with Gasteiger partial charge < -0.3 is 9.47 Å². The van der Waals surface area contributed by atoms with Crippen LogP contribution >= 0.6 is 0 Å². The molecule has 1 fully saturated rings. The molecule has 0 radical (unpaired) electrons. The number of rotatable bonds is 4. The summed E-state index contributed by atoms with van der Waals surface area (Å²) in [5.74, 6) is 0.825. The fraction of sp³-hybridized carbons (Fsp3) is 0.400. The molecular weight excluding hydrogens is 240 g/mol. The van der Waals surface area contributed by atoms with Crippen molar-refractivity contribution in [2.75, 3.05) is 13.2 Å². The second-order valence-corrected chi connectivity index (χ2v) is 4.82. The Labute approximate surface area is 113 Å². The summed E-state index contributed by atoms with van der Waals surface area (Å²) in [7, 11) is 0. The number of ether oxygens (including phenoxy) is 2. The highest BCUT2D eigenvalue weighted by Crippen LogP contribution is 2.16. The second kappa shape index (κ2) is 5.89. The third-order valence-corrected chi connectivity index (χ3v) is 3.22. The molecule has 0 amide bonds. The van der Waals surface area contributed by atoms with Crippen molar-refractivity contribution in [3.05, 3.63) is 48.3 Å². The smallest absolute Gasteiger partial charge is 0.157 e. The van der Waals surface area contributed by atoms with Gasteiger partial charge in [-0.25, -0.2) is 0 Å². The summed E-state index contributed by atoms with van der Waals surface area (Å²) in [5, 5.41) is 4.33. The van der Waals surface area contributed by atoms with Gasteiger partial charge in [-0.2, -0.15) is 5.10 Å². The Morgan fingerprint density at radius 1 is 1.32 bits per heavy atom. The zero-order valence-electron chi connectivity index (χ0n) is 10.9. The van der Waals surface area contributed by atoms with Crippen LogP contribution in [0.2, 0.25) is 0 Å². The molecule has 2 heterocycles. The lowest BCUT2D eigenvalue weighted by atomic mass is 10.2. The van der Waals surface area contributed by atoms with Crippen LogP contribution in [0.3, 0.4) is 0 Å². The number of hydrogen-bond donors (Lipinski definition) is 0. The molecule has 0 aliphatic carbocycles. The molecule has 1 saturated heterocycles. The van der Waals surface area contributed by atoms with Gasteiger partial charge in [0.05, 0.1) is 25.5 Å². The van der Waals surface area contributed by atoms with Gasteiger partial charge in [-0.15, -0.1) is 0 Å². The summed E-state index contributed by atoms with van der Waals surface area (Å²) in [6.45, 7) is 2.31. The van der Waals surface area contributed by atoms with Gasteiger partial charge in [0.15, 0.2) is 5.75 Å². The summed E-state index contributed by atoms with van der Waals surface area (Å²) in [6, 6.07) is 10.3. The third-order valence-electron chi connectivity index (χ3n) is 3.22. The van der Waals surface area contributed by atoms with E-state index >= 15 is 0 Å². The van der Waals surface area contributed by atoms with Gasteiger partial charge in [-0.05, 0) is 18.4 Å². The first-order valence-electron chi connectivity index (χ1n) is 6.71. The van der Waals surface area contributed by atoms with Crippen LogP contribution in [0, 0.1) is 0 Å². The van der Waals surface area contributed by atoms with Gasteiger partial charge in [-0.3, -0.25) is 4.68 Å². The molecule has 100 valence electrons. The fourth-order valence-corrected chi connectivity index (χ4v) is 2.26. The highest BCUT2D eigenvalue weighted by molar-refractivity contribution is 5.17. The quantitative estimate of drug-likeness (QED) is 0.845. The molecule has 1 aromatic heterocycles. The standard InChI is InChI=1S/C15H18N2O2/c1-2-5-13(6-3-1)10-17-11-15(9-16-17)19-14-7-4-8-18-12-14/h1-3,5-6,9,11,14H,4,7-8,10,12H2. The molecule has 0 saturated carbocycles. The predicted octanol–water partition coefficient (Wildman–Crippen LogP) is 2.49. The number of nitrogens with zero attached hydrogens (tertiary/aromatic N) is 2. The van der Waals surface area contributed by atoms with E-state index in [1.165, 1.54) is 5.56 Å². The lowest BCUT2D eigenvalue weighted by Crippen LogP contribution is -2.27. The van der Waals surface area contributed by atoms with E-state index in [1.807, 2.05) is 29.1 Å². The molecular formula is C15H18N2O2. The maximum absolute atomic E-state index is 5.87. The zero-order chi connectivity index (χ0) is 12.9. The predicted molar refractivity (Wildman–Crippen MR) is 72.2 cm³/mol. The molecule has 0 spiro atoms. The molecule has 0 N–H and O–H groups in total. The largest absolute Gasteiger partial charge is 0.485 e. The Hall–Kier alpha value is -1.81. The third kappa shape index (κ3) is 3.35. The Balaban J connectivity index is 1.59. The SMILES string of the molecule is c1ccc(Cn2cc(OC3CCCOC3)cn2)cc1. The summed E-state index contributed by atoms with van der Waals surface area (Å²) < 4.78 is 13.2. The molecule has 0 bridgehead atoms. The molecule has 1 atom stereocenters. The summed E-state index contributed by atoms with van der Waals surface area (Å²) in [4.78, 5) is 0. The number of aromatic nitrogens is 2. The molecule has 19 heavy (non-hydrogen) atoms. The highest BCUT2D eigenvalue weighted by atomic mass is 16.5. The van der Waals surface area contributed by atoms with E-state index in [0.29, 0.717) is 6.61 Å². The van der Waals surface area contributed by atoms with Crippen molar-refractivity contribution in [3.8, 4) is 5.75 Å². The van der Waals surface area contributed by atoms with Crippen LogP contribution in [0.1, 0.15) is 18.4 Å². The maximum atomic E-state index is 5.87. The van der Waals surface area contributed by atoms with Crippen molar-refractivity contribution in [2.45, 2.75) is 25.5 Å². The summed E-state index contributed by atoms with van der Waals surface area (Å²) >= 11 is 0. The molecule has 4 nitrogen and oxygen atoms in total. The van der Waals surface area contributed by atoms with Gasteiger partial charge in [0, 0.05) is 6.61 Å². The van der Waals surface area contributed by atoms with Crippen LogP contribution in [0.15, 0.2) is 42.7 Å². The van der Waals surface area contributed by atoms with Gasteiger partial charge >= 0.3 is 0 Å². The van der Waals surface area contributed by atoms with Crippen LogP contribution in [0.4, 0.5) is 0 Å². The first kappa shape index (κ1) is 12.2. The van der Waals surface area contributed by atoms with Crippen molar-refractivity contribution in [3.63, 3.8) is 0 Å². The van der Waals surface area contributed by atoms with Crippen LogP contribution in [-0.2, 0) is 11.3 Å². The maximum Gasteiger partial charge on any atom is 0.157 e. The first-order valence-corrected chi connectivity index (χ1v) is 6.71. The summed E-state index contributed by atoms with van der Waals surface area (Å²) in [6.07, 6.45) is 6.02. The summed E-state index contributed by atoms with van der Waals surface area (Å²) in [5.41, 5.74) is 1.23. The molecule has 1 unspecified atom stereocenters. The molecule has 2 aromatic rings. The minimum absolute atomic E-state index is 0.170. The van der Waals surface area contributed by atoms with Crippen molar-refractivity contribution >= 4 is 0 Å². The minimum atomic E-state index is 0.170. The van der Waals surface area contributed by atoms with Gasteiger partial charge in [-0.1, -0.05) is 30.3 Å². The van der Waals surface area contributed by atoms with E-state index in [4.69, 9.17) is 9.47 Å². The molecule has 4 heteroatoms. The van der Waals surface area contributed by atoms with E-state index in [2.05, 4.69) is 17.2 Å².